The highest BCUT2D eigenvalue weighted by atomic mass is 28.4. The van der Waals surface area contributed by atoms with Crippen LogP contribution in [0.1, 0.15) is 52.9 Å². The molecule has 1 aliphatic carbocycles. The minimum Gasteiger partial charge on any atom is -0.469 e. The van der Waals surface area contributed by atoms with Gasteiger partial charge < -0.3 is 19.2 Å². The molecule has 0 aromatic heterocycles. The van der Waals surface area contributed by atoms with E-state index in [1.807, 2.05) is 0 Å². The summed E-state index contributed by atoms with van der Waals surface area (Å²) < 4.78 is 16.0. The Balaban J connectivity index is 2.39. The van der Waals surface area contributed by atoms with E-state index >= 15 is 0 Å². The third kappa shape index (κ3) is 7.54. The number of carbonyl (C=O) groups excluding carboxylic acids is 2. The predicted octanol–water partition coefficient (Wildman–Crippen LogP) is 3.51. The standard InChI is InChI=1S/C20H39NO5Si/c1-20(2,3)27(6,7)26-11-9-8-10-21-17-13-15(18(22)24-4)12-16(14-17)19(23)25-5/h15-17,21H,8-14H2,1-7H3/t15-,16+,17?. The zero-order valence-electron chi connectivity index (χ0n) is 18.2. The molecular weight excluding hydrogens is 362 g/mol. The van der Waals surface area contributed by atoms with Gasteiger partial charge in [0, 0.05) is 12.6 Å². The van der Waals surface area contributed by atoms with Crippen LogP contribution in [-0.2, 0) is 23.5 Å². The summed E-state index contributed by atoms with van der Waals surface area (Å²) in [7, 11) is 1.12. The molecular formula is C20H39NO5Si. The Labute approximate surface area is 165 Å². The lowest BCUT2D eigenvalue weighted by Crippen LogP contribution is -2.43. The molecule has 0 aromatic rings. The minimum absolute atomic E-state index is 0.133. The molecule has 0 spiro atoms. The topological polar surface area (TPSA) is 73.9 Å². The van der Waals surface area contributed by atoms with Gasteiger partial charge in [-0.15, -0.1) is 0 Å². The molecule has 0 saturated heterocycles. The Kier molecular flexibility index (Phi) is 9.44. The number of nitrogens with one attached hydrogen (secondary N) is 1. The van der Waals surface area contributed by atoms with Gasteiger partial charge in [-0.2, -0.15) is 0 Å². The molecule has 0 aliphatic heterocycles. The fraction of sp³-hybridized carbons (Fsp3) is 0.900. The van der Waals surface area contributed by atoms with Gasteiger partial charge in [-0.25, -0.2) is 0 Å². The molecule has 1 unspecified atom stereocenters. The second-order valence-electron chi connectivity index (χ2n) is 9.11. The average molecular weight is 402 g/mol. The second-order valence-corrected chi connectivity index (χ2v) is 13.9. The summed E-state index contributed by atoms with van der Waals surface area (Å²) in [4.78, 5) is 23.9. The van der Waals surface area contributed by atoms with Crippen molar-refractivity contribution in [3.63, 3.8) is 0 Å². The first kappa shape index (κ1) is 24.1. The van der Waals surface area contributed by atoms with Crippen LogP contribution in [0.4, 0.5) is 0 Å². The van der Waals surface area contributed by atoms with Crippen molar-refractivity contribution < 1.29 is 23.5 Å². The zero-order chi connectivity index (χ0) is 20.7. The lowest BCUT2D eigenvalue weighted by atomic mass is 9.78. The summed E-state index contributed by atoms with van der Waals surface area (Å²) in [5.41, 5.74) is 0. The smallest absolute Gasteiger partial charge is 0.308 e. The van der Waals surface area contributed by atoms with Crippen LogP contribution in [0.5, 0.6) is 0 Å². The summed E-state index contributed by atoms with van der Waals surface area (Å²) in [6.45, 7) is 12.9. The number of esters is 2. The number of methoxy groups -OCH3 is 2. The summed E-state index contributed by atoms with van der Waals surface area (Å²) in [6, 6.07) is 0.133. The highest BCUT2D eigenvalue weighted by molar-refractivity contribution is 6.74. The largest absolute Gasteiger partial charge is 0.469 e. The normalized spacial score (nSPS) is 23.7. The third-order valence-corrected chi connectivity index (χ3v) is 10.6. The maximum atomic E-state index is 11.9. The molecule has 0 heterocycles. The highest BCUT2D eigenvalue weighted by Crippen LogP contribution is 2.36. The zero-order valence-corrected chi connectivity index (χ0v) is 19.2. The van der Waals surface area contributed by atoms with Crippen LogP contribution in [0.2, 0.25) is 18.1 Å². The summed E-state index contributed by atoms with van der Waals surface area (Å²) >= 11 is 0. The first-order valence-electron chi connectivity index (χ1n) is 10.0. The van der Waals surface area contributed by atoms with Crippen LogP contribution in [0, 0.1) is 11.8 Å². The van der Waals surface area contributed by atoms with E-state index in [4.69, 9.17) is 13.9 Å². The minimum atomic E-state index is -1.67. The van der Waals surface area contributed by atoms with Crippen molar-refractivity contribution in [3.8, 4) is 0 Å². The van der Waals surface area contributed by atoms with Crippen molar-refractivity contribution >= 4 is 20.3 Å². The summed E-state index contributed by atoms with van der Waals surface area (Å²) in [5, 5.41) is 3.74. The number of ether oxygens (including phenoxy) is 2. The van der Waals surface area contributed by atoms with E-state index in [-0.39, 0.29) is 34.9 Å². The van der Waals surface area contributed by atoms with Crippen LogP contribution in [0.25, 0.3) is 0 Å². The van der Waals surface area contributed by atoms with Gasteiger partial charge in [0.15, 0.2) is 8.32 Å². The molecule has 1 rings (SSSR count). The molecule has 158 valence electrons. The molecule has 27 heavy (non-hydrogen) atoms. The maximum absolute atomic E-state index is 11.9. The van der Waals surface area contributed by atoms with Gasteiger partial charge in [0.05, 0.1) is 26.1 Å². The van der Waals surface area contributed by atoms with E-state index < -0.39 is 8.32 Å². The molecule has 0 radical (unpaired) electrons. The Hall–Kier alpha value is -0.923. The van der Waals surface area contributed by atoms with E-state index in [1.165, 1.54) is 14.2 Å². The van der Waals surface area contributed by atoms with Crippen molar-refractivity contribution in [1.29, 1.82) is 0 Å². The Morgan fingerprint density at radius 1 is 0.963 bits per heavy atom. The fourth-order valence-electron chi connectivity index (χ4n) is 3.28. The summed E-state index contributed by atoms with van der Waals surface area (Å²) in [6.07, 6.45) is 3.95. The molecule has 0 amide bonds. The molecule has 1 saturated carbocycles. The Bertz CT molecular complexity index is 465. The second kappa shape index (κ2) is 10.6. The number of unbranched alkanes of at least 4 members (excludes halogenated alkanes) is 1. The molecule has 3 atom stereocenters. The molecule has 1 aliphatic rings. The quantitative estimate of drug-likeness (QED) is 0.362. The van der Waals surface area contributed by atoms with Crippen molar-refractivity contribution in [1.82, 2.24) is 5.32 Å². The van der Waals surface area contributed by atoms with Crippen molar-refractivity contribution in [3.05, 3.63) is 0 Å². The first-order chi connectivity index (χ1) is 12.5. The lowest BCUT2D eigenvalue weighted by Gasteiger charge is -2.36. The van der Waals surface area contributed by atoms with Crippen LogP contribution in [-0.4, -0.2) is 53.7 Å². The fourth-order valence-corrected chi connectivity index (χ4v) is 4.37. The van der Waals surface area contributed by atoms with Crippen LogP contribution >= 0.6 is 0 Å². The van der Waals surface area contributed by atoms with E-state index in [1.54, 1.807) is 0 Å². The van der Waals surface area contributed by atoms with Gasteiger partial charge in [0.2, 0.25) is 0 Å². The number of rotatable bonds is 9. The van der Waals surface area contributed by atoms with Crippen LogP contribution in [0.3, 0.4) is 0 Å². The molecule has 1 N–H and O–H groups in total. The molecule has 0 bridgehead atoms. The third-order valence-electron chi connectivity index (χ3n) is 6.05. The predicted molar refractivity (Wildman–Crippen MR) is 109 cm³/mol. The molecule has 1 fully saturated rings. The molecule has 6 nitrogen and oxygen atoms in total. The van der Waals surface area contributed by atoms with Gasteiger partial charge in [0.1, 0.15) is 0 Å². The summed E-state index contributed by atoms with van der Waals surface area (Å²) in [5.74, 6) is -0.962. The maximum Gasteiger partial charge on any atom is 0.308 e. The van der Waals surface area contributed by atoms with Gasteiger partial charge in [0.25, 0.3) is 0 Å². The average Bonchev–Trinajstić information content (AvgIpc) is 2.61. The number of carbonyl (C=O) groups is 2. The number of hydrogen-bond donors (Lipinski definition) is 1. The molecule has 0 aromatic carbocycles. The van der Waals surface area contributed by atoms with Gasteiger partial charge >= 0.3 is 11.9 Å². The highest BCUT2D eigenvalue weighted by Gasteiger charge is 2.38. The van der Waals surface area contributed by atoms with E-state index in [2.05, 4.69) is 39.2 Å². The van der Waals surface area contributed by atoms with Gasteiger partial charge in [-0.05, 0) is 56.8 Å². The van der Waals surface area contributed by atoms with E-state index in [0.717, 1.165) is 26.0 Å². The lowest BCUT2D eigenvalue weighted by molar-refractivity contribution is -0.152. The Morgan fingerprint density at radius 3 is 1.93 bits per heavy atom. The van der Waals surface area contributed by atoms with Gasteiger partial charge in [-0.3, -0.25) is 9.59 Å². The van der Waals surface area contributed by atoms with Crippen LogP contribution in [0.15, 0.2) is 0 Å². The van der Waals surface area contributed by atoms with Crippen molar-refractivity contribution in [2.75, 3.05) is 27.4 Å². The van der Waals surface area contributed by atoms with Gasteiger partial charge in [-0.1, -0.05) is 20.8 Å². The SMILES string of the molecule is COC(=O)[C@@H]1CC(NCCCCO[Si](C)(C)C(C)(C)C)C[C@H](C(=O)OC)C1. The molecule has 7 heteroatoms. The van der Waals surface area contributed by atoms with Crippen molar-refractivity contribution in [2.45, 2.75) is 77.0 Å². The van der Waals surface area contributed by atoms with E-state index in [0.29, 0.717) is 19.3 Å². The number of hydrogen-bond acceptors (Lipinski definition) is 6. The van der Waals surface area contributed by atoms with Crippen molar-refractivity contribution in [2.24, 2.45) is 11.8 Å². The van der Waals surface area contributed by atoms with E-state index in [9.17, 15) is 9.59 Å². The Morgan fingerprint density at radius 2 is 1.48 bits per heavy atom. The monoisotopic (exact) mass is 401 g/mol. The van der Waals surface area contributed by atoms with Crippen LogP contribution < -0.4 is 5.32 Å². The first-order valence-corrected chi connectivity index (χ1v) is 13.0.